The third-order valence-corrected chi connectivity index (χ3v) is 4.38. The molecule has 1 aromatic heterocycles. The molecular formula is C16H15N3OS. The van der Waals surface area contributed by atoms with Crippen molar-refractivity contribution in [3.63, 3.8) is 0 Å². The number of hydrogen-bond donors (Lipinski definition) is 1. The molecule has 0 aliphatic carbocycles. The van der Waals surface area contributed by atoms with Crippen molar-refractivity contribution >= 4 is 23.2 Å². The molecular weight excluding hydrogens is 282 g/mol. The van der Waals surface area contributed by atoms with E-state index in [0.717, 1.165) is 12.1 Å². The molecule has 0 radical (unpaired) electrons. The van der Waals surface area contributed by atoms with Gasteiger partial charge in [-0.05, 0) is 17.7 Å². The van der Waals surface area contributed by atoms with Gasteiger partial charge in [0.25, 0.3) is 5.91 Å². The van der Waals surface area contributed by atoms with Crippen LogP contribution in [-0.2, 0) is 0 Å². The summed E-state index contributed by atoms with van der Waals surface area (Å²) in [6.07, 6.45) is 3.24. The van der Waals surface area contributed by atoms with Gasteiger partial charge in [-0.25, -0.2) is 0 Å². The molecule has 1 aliphatic heterocycles. The molecule has 1 aromatic carbocycles. The van der Waals surface area contributed by atoms with Gasteiger partial charge in [-0.2, -0.15) is 0 Å². The fraction of sp³-hybridized carbons (Fsp3) is 0.188. The zero-order valence-electron chi connectivity index (χ0n) is 11.3. The molecule has 5 heteroatoms. The number of benzene rings is 1. The Hall–Kier alpha value is -2.14. The minimum absolute atomic E-state index is 0.0635. The molecule has 0 saturated carbocycles. The summed E-state index contributed by atoms with van der Waals surface area (Å²) >= 11 is 1.66. The highest BCUT2D eigenvalue weighted by Gasteiger charge is 2.27. The maximum Gasteiger partial charge on any atom is 0.253 e. The quantitative estimate of drug-likeness (QED) is 0.944. The fourth-order valence-electron chi connectivity index (χ4n) is 2.27. The summed E-state index contributed by atoms with van der Waals surface area (Å²) in [5.74, 6) is -0.107. The van der Waals surface area contributed by atoms with Gasteiger partial charge < -0.3 is 5.32 Å². The molecule has 106 valence electrons. The number of aromatic nitrogens is 1. The Labute approximate surface area is 127 Å². The molecule has 0 saturated heterocycles. The number of hydrogen-bond acceptors (Lipinski definition) is 4. The Kier molecular flexibility index (Phi) is 4.31. The van der Waals surface area contributed by atoms with Crippen molar-refractivity contribution in [1.82, 2.24) is 10.3 Å². The van der Waals surface area contributed by atoms with E-state index in [1.165, 1.54) is 0 Å². The number of carbonyl (C=O) groups excluding carboxylic acids is 1. The third kappa shape index (κ3) is 3.31. The molecule has 2 aromatic rings. The van der Waals surface area contributed by atoms with Crippen molar-refractivity contribution in [2.24, 2.45) is 4.99 Å². The molecule has 3 rings (SSSR count). The Balaban J connectivity index is 1.81. The van der Waals surface area contributed by atoms with Gasteiger partial charge in [0.2, 0.25) is 0 Å². The fourth-order valence-corrected chi connectivity index (χ4v) is 3.15. The molecule has 1 amide bonds. The smallest absolute Gasteiger partial charge is 0.253 e. The van der Waals surface area contributed by atoms with E-state index in [1.807, 2.05) is 35.9 Å². The van der Waals surface area contributed by atoms with Gasteiger partial charge in [0.1, 0.15) is 0 Å². The van der Waals surface area contributed by atoms with Gasteiger partial charge in [-0.15, -0.1) is 11.8 Å². The number of nitrogens with zero attached hydrogens (tertiary/aromatic N) is 2. The summed E-state index contributed by atoms with van der Waals surface area (Å²) in [6, 6.07) is 13.5. The number of nitrogens with one attached hydrogen (secondary N) is 1. The summed E-state index contributed by atoms with van der Waals surface area (Å²) in [5.41, 5.74) is 3.52. The standard InChI is InChI=1S/C16H15N3OS/c20-16(13-7-4-8-17-9-13)19-15(14-10-18-11-21-14)12-5-2-1-3-6-12/h1-9,11,14-15H,10H2,(H,19,20). The van der Waals surface area contributed by atoms with Crippen LogP contribution in [0.15, 0.2) is 59.9 Å². The van der Waals surface area contributed by atoms with E-state index in [4.69, 9.17) is 0 Å². The van der Waals surface area contributed by atoms with Crippen molar-refractivity contribution < 1.29 is 4.79 Å². The van der Waals surface area contributed by atoms with E-state index >= 15 is 0 Å². The molecule has 0 spiro atoms. The van der Waals surface area contributed by atoms with Crippen LogP contribution in [0.3, 0.4) is 0 Å². The van der Waals surface area contributed by atoms with E-state index in [2.05, 4.69) is 15.3 Å². The Morgan fingerprint density at radius 3 is 2.76 bits per heavy atom. The highest BCUT2D eigenvalue weighted by molar-refractivity contribution is 8.12. The topological polar surface area (TPSA) is 54.4 Å². The van der Waals surface area contributed by atoms with Crippen molar-refractivity contribution in [2.45, 2.75) is 11.3 Å². The minimum atomic E-state index is -0.107. The van der Waals surface area contributed by atoms with E-state index in [1.54, 1.807) is 36.3 Å². The predicted molar refractivity (Wildman–Crippen MR) is 85.6 cm³/mol. The highest BCUT2D eigenvalue weighted by atomic mass is 32.2. The average molecular weight is 297 g/mol. The average Bonchev–Trinajstić information content (AvgIpc) is 3.08. The number of amides is 1. The zero-order chi connectivity index (χ0) is 14.5. The molecule has 2 heterocycles. The molecule has 2 atom stereocenters. The third-order valence-electron chi connectivity index (χ3n) is 3.34. The first-order valence-corrected chi connectivity index (χ1v) is 7.68. The Morgan fingerprint density at radius 1 is 1.24 bits per heavy atom. The predicted octanol–water partition coefficient (Wildman–Crippen LogP) is 2.70. The van der Waals surface area contributed by atoms with Gasteiger partial charge in [0.05, 0.1) is 28.9 Å². The first-order chi connectivity index (χ1) is 10.3. The van der Waals surface area contributed by atoms with E-state index < -0.39 is 0 Å². The molecule has 0 bridgehead atoms. The van der Waals surface area contributed by atoms with Gasteiger partial charge >= 0.3 is 0 Å². The molecule has 1 aliphatic rings. The minimum Gasteiger partial charge on any atom is -0.344 e. The monoisotopic (exact) mass is 297 g/mol. The van der Waals surface area contributed by atoms with Crippen LogP contribution in [0.25, 0.3) is 0 Å². The Morgan fingerprint density at radius 2 is 2.10 bits per heavy atom. The first kappa shape index (κ1) is 13.8. The van der Waals surface area contributed by atoms with Crippen molar-refractivity contribution in [2.75, 3.05) is 6.54 Å². The first-order valence-electron chi connectivity index (χ1n) is 6.74. The number of rotatable bonds is 4. The lowest BCUT2D eigenvalue weighted by Gasteiger charge is -2.24. The maximum absolute atomic E-state index is 12.4. The van der Waals surface area contributed by atoms with Crippen LogP contribution in [0.4, 0.5) is 0 Å². The summed E-state index contributed by atoms with van der Waals surface area (Å²) in [7, 11) is 0. The molecule has 21 heavy (non-hydrogen) atoms. The second kappa shape index (κ2) is 6.54. The number of thioether (sulfide) groups is 1. The molecule has 1 N–H and O–H groups in total. The normalized spacial score (nSPS) is 18.4. The van der Waals surface area contributed by atoms with Gasteiger partial charge in [0, 0.05) is 12.4 Å². The van der Waals surface area contributed by atoms with Crippen LogP contribution >= 0.6 is 11.8 Å². The lowest BCUT2D eigenvalue weighted by molar-refractivity contribution is 0.0936. The van der Waals surface area contributed by atoms with Crippen LogP contribution in [0, 0.1) is 0 Å². The Bertz CT molecular complexity index is 622. The van der Waals surface area contributed by atoms with Crippen LogP contribution in [0.2, 0.25) is 0 Å². The zero-order valence-corrected chi connectivity index (χ0v) is 12.2. The summed E-state index contributed by atoms with van der Waals surface area (Å²) in [6.45, 7) is 0.720. The number of pyridine rings is 1. The van der Waals surface area contributed by atoms with Gasteiger partial charge in [-0.1, -0.05) is 30.3 Å². The van der Waals surface area contributed by atoms with E-state index in [-0.39, 0.29) is 17.2 Å². The van der Waals surface area contributed by atoms with E-state index in [9.17, 15) is 4.79 Å². The van der Waals surface area contributed by atoms with Crippen molar-refractivity contribution in [3.05, 3.63) is 66.0 Å². The largest absolute Gasteiger partial charge is 0.344 e. The van der Waals surface area contributed by atoms with Crippen LogP contribution in [-0.4, -0.2) is 28.2 Å². The second-order valence-corrected chi connectivity index (χ2v) is 5.84. The lowest BCUT2D eigenvalue weighted by Crippen LogP contribution is -2.35. The van der Waals surface area contributed by atoms with Crippen LogP contribution in [0.5, 0.6) is 0 Å². The van der Waals surface area contributed by atoms with Crippen LogP contribution in [0.1, 0.15) is 22.0 Å². The summed E-state index contributed by atoms with van der Waals surface area (Å²) < 4.78 is 0. The van der Waals surface area contributed by atoms with Gasteiger partial charge in [0.15, 0.2) is 0 Å². The highest BCUT2D eigenvalue weighted by Crippen LogP contribution is 2.29. The second-order valence-electron chi connectivity index (χ2n) is 4.75. The SMILES string of the molecule is O=C(NC(c1ccccc1)C1CN=CS1)c1cccnc1. The van der Waals surface area contributed by atoms with E-state index in [0.29, 0.717) is 5.56 Å². The number of aliphatic imine (C=N–C) groups is 1. The molecule has 2 unspecified atom stereocenters. The summed E-state index contributed by atoms with van der Waals surface area (Å²) in [5, 5.41) is 3.34. The van der Waals surface area contributed by atoms with Crippen molar-refractivity contribution in [3.8, 4) is 0 Å². The molecule has 4 nitrogen and oxygen atoms in total. The van der Waals surface area contributed by atoms with Crippen LogP contribution < -0.4 is 5.32 Å². The number of carbonyl (C=O) groups is 1. The van der Waals surface area contributed by atoms with Crippen molar-refractivity contribution in [1.29, 1.82) is 0 Å². The molecule has 0 fully saturated rings. The maximum atomic E-state index is 12.4. The van der Waals surface area contributed by atoms with Gasteiger partial charge in [-0.3, -0.25) is 14.8 Å². The summed E-state index contributed by atoms with van der Waals surface area (Å²) in [4.78, 5) is 20.6. The lowest BCUT2D eigenvalue weighted by atomic mass is 10.0.